The van der Waals surface area contributed by atoms with E-state index in [9.17, 15) is 8.78 Å². The summed E-state index contributed by atoms with van der Waals surface area (Å²) in [6.07, 6.45) is 0.0483. The summed E-state index contributed by atoms with van der Waals surface area (Å²) in [5.74, 6) is 0.439. The Morgan fingerprint density at radius 3 is 2.54 bits per heavy atom. The normalized spacial score (nSPS) is 11.0. The lowest BCUT2D eigenvalue weighted by molar-refractivity contribution is 0.116. The standard InChI is InChI=1S/C16H14F2N4O2/c1-9-4-3-5-12(10(9)2)23-8-13-19-6-11(7-20-13)15-21-22-16(24-15)14(17)18/h3-7,14H,8H2,1-2H3. The van der Waals surface area contributed by atoms with Gasteiger partial charge in [0.1, 0.15) is 12.4 Å². The van der Waals surface area contributed by atoms with Crippen molar-refractivity contribution in [3.8, 4) is 17.2 Å². The lowest BCUT2D eigenvalue weighted by atomic mass is 10.1. The van der Waals surface area contributed by atoms with E-state index in [1.165, 1.54) is 12.4 Å². The third-order valence-electron chi connectivity index (χ3n) is 3.49. The topological polar surface area (TPSA) is 73.9 Å². The molecule has 0 radical (unpaired) electrons. The minimum Gasteiger partial charge on any atom is -0.485 e. The van der Waals surface area contributed by atoms with Crippen LogP contribution in [0.25, 0.3) is 11.5 Å². The maximum atomic E-state index is 12.4. The SMILES string of the molecule is Cc1cccc(OCc2ncc(-c3nnc(C(F)F)o3)cn2)c1C. The average Bonchev–Trinajstić information content (AvgIpc) is 3.07. The Morgan fingerprint density at radius 1 is 1.12 bits per heavy atom. The van der Waals surface area contributed by atoms with Gasteiger partial charge in [0.2, 0.25) is 0 Å². The van der Waals surface area contributed by atoms with Crippen molar-refractivity contribution in [1.82, 2.24) is 20.2 Å². The molecule has 124 valence electrons. The summed E-state index contributed by atoms with van der Waals surface area (Å²) < 4.78 is 35.4. The van der Waals surface area contributed by atoms with E-state index in [0.29, 0.717) is 11.4 Å². The molecule has 0 saturated carbocycles. The van der Waals surface area contributed by atoms with Crippen LogP contribution in [0, 0.1) is 13.8 Å². The number of rotatable bonds is 5. The summed E-state index contributed by atoms with van der Waals surface area (Å²) in [5, 5.41) is 6.81. The number of aromatic nitrogens is 4. The van der Waals surface area contributed by atoms with Crippen LogP contribution in [0.1, 0.15) is 29.3 Å². The number of alkyl halides is 2. The lowest BCUT2D eigenvalue weighted by Crippen LogP contribution is -2.02. The molecule has 8 heteroatoms. The summed E-state index contributed by atoms with van der Waals surface area (Å²) in [5.41, 5.74) is 2.55. The smallest absolute Gasteiger partial charge is 0.314 e. The van der Waals surface area contributed by atoms with Crippen LogP contribution >= 0.6 is 0 Å². The van der Waals surface area contributed by atoms with E-state index in [1.54, 1.807) is 0 Å². The van der Waals surface area contributed by atoms with Gasteiger partial charge in [-0.05, 0) is 31.0 Å². The molecule has 1 aromatic carbocycles. The molecule has 2 heterocycles. The maximum absolute atomic E-state index is 12.4. The van der Waals surface area contributed by atoms with Crippen LogP contribution in [0.15, 0.2) is 35.0 Å². The quantitative estimate of drug-likeness (QED) is 0.710. The molecule has 0 aliphatic carbocycles. The Hall–Kier alpha value is -2.90. The predicted octanol–water partition coefficient (Wildman–Crippen LogP) is 3.66. The van der Waals surface area contributed by atoms with Crippen molar-refractivity contribution in [1.29, 1.82) is 0 Å². The van der Waals surface area contributed by atoms with Gasteiger partial charge in [-0.2, -0.15) is 8.78 Å². The highest BCUT2D eigenvalue weighted by molar-refractivity contribution is 5.48. The van der Waals surface area contributed by atoms with E-state index in [-0.39, 0.29) is 12.5 Å². The molecule has 0 amide bonds. The lowest BCUT2D eigenvalue weighted by Gasteiger charge is -2.10. The van der Waals surface area contributed by atoms with E-state index in [1.807, 2.05) is 32.0 Å². The maximum Gasteiger partial charge on any atom is 0.314 e. The first kappa shape index (κ1) is 16.0. The fourth-order valence-electron chi connectivity index (χ4n) is 2.00. The van der Waals surface area contributed by atoms with Gasteiger partial charge in [-0.1, -0.05) is 12.1 Å². The fraction of sp³-hybridized carbons (Fsp3) is 0.250. The predicted molar refractivity (Wildman–Crippen MR) is 80.5 cm³/mol. The molecule has 6 nitrogen and oxygen atoms in total. The first-order valence-corrected chi connectivity index (χ1v) is 7.16. The zero-order valence-electron chi connectivity index (χ0n) is 13.0. The number of benzene rings is 1. The molecular weight excluding hydrogens is 318 g/mol. The first-order valence-electron chi connectivity index (χ1n) is 7.16. The van der Waals surface area contributed by atoms with Gasteiger partial charge >= 0.3 is 6.43 Å². The highest BCUT2D eigenvalue weighted by Crippen LogP contribution is 2.23. The number of ether oxygens (including phenoxy) is 1. The summed E-state index contributed by atoms with van der Waals surface area (Å²) >= 11 is 0. The fourth-order valence-corrected chi connectivity index (χ4v) is 2.00. The Morgan fingerprint density at radius 2 is 1.88 bits per heavy atom. The zero-order valence-corrected chi connectivity index (χ0v) is 13.0. The zero-order chi connectivity index (χ0) is 17.1. The second kappa shape index (κ2) is 6.69. The Kier molecular flexibility index (Phi) is 4.45. The Bertz CT molecular complexity index is 834. The molecule has 0 atom stereocenters. The van der Waals surface area contributed by atoms with Crippen LogP contribution in [0.4, 0.5) is 8.78 Å². The third kappa shape index (κ3) is 3.37. The van der Waals surface area contributed by atoms with E-state index >= 15 is 0 Å². The van der Waals surface area contributed by atoms with Gasteiger partial charge in [-0.25, -0.2) is 9.97 Å². The van der Waals surface area contributed by atoms with Crippen LogP contribution in [0.3, 0.4) is 0 Å². The molecule has 0 unspecified atom stereocenters. The van der Waals surface area contributed by atoms with Gasteiger partial charge < -0.3 is 9.15 Å². The molecule has 3 aromatic rings. The number of halogens is 2. The van der Waals surface area contributed by atoms with Gasteiger partial charge in [0.05, 0.1) is 5.56 Å². The van der Waals surface area contributed by atoms with E-state index in [4.69, 9.17) is 9.15 Å². The van der Waals surface area contributed by atoms with Crippen LogP contribution in [-0.4, -0.2) is 20.2 Å². The average molecular weight is 332 g/mol. The molecule has 24 heavy (non-hydrogen) atoms. The van der Waals surface area contributed by atoms with Gasteiger partial charge in [0.25, 0.3) is 11.8 Å². The molecule has 0 N–H and O–H groups in total. The van der Waals surface area contributed by atoms with Crippen molar-refractivity contribution in [3.63, 3.8) is 0 Å². The van der Waals surface area contributed by atoms with Crippen LogP contribution < -0.4 is 4.74 Å². The molecule has 0 spiro atoms. The Labute approximate surface area is 136 Å². The van der Waals surface area contributed by atoms with Gasteiger partial charge in [0.15, 0.2) is 5.82 Å². The van der Waals surface area contributed by atoms with Crippen molar-refractivity contribution >= 4 is 0 Å². The largest absolute Gasteiger partial charge is 0.485 e. The number of aryl methyl sites for hydroxylation is 1. The third-order valence-corrected chi connectivity index (χ3v) is 3.49. The van der Waals surface area contributed by atoms with Gasteiger partial charge in [0, 0.05) is 12.4 Å². The highest BCUT2D eigenvalue weighted by atomic mass is 19.3. The summed E-state index contributed by atoms with van der Waals surface area (Å²) in [4.78, 5) is 8.25. The van der Waals surface area contributed by atoms with Crippen LogP contribution in [0.5, 0.6) is 5.75 Å². The number of hydrogen-bond acceptors (Lipinski definition) is 6. The second-order valence-electron chi connectivity index (χ2n) is 5.12. The van der Waals surface area contributed by atoms with Crippen molar-refractivity contribution < 1.29 is 17.9 Å². The minimum atomic E-state index is -2.81. The van der Waals surface area contributed by atoms with Gasteiger partial charge in [-0.3, -0.25) is 0 Å². The van der Waals surface area contributed by atoms with Crippen LogP contribution in [0.2, 0.25) is 0 Å². The van der Waals surface area contributed by atoms with Crippen molar-refractivity contribution in [2.75, 3.05) is 0 Å². The molecule has 0 aliphatic rings. The monoisotopic (exact) mass is 332 g/mol. The van der Waals surface area contributed by atoms with Crippen molar-refractivity contribution in [2.24, 2.45) is 0 Å². The molecule has 0 fully saturated rings. The van der Waals surface area contributed by atoms with Gasteiger partial charge in [-0.15, -0.1) is 10.2 Å². The molecule has 2 aromatic heterocycles. The second-order valence-corrected chi connectivity index (χ2v) is 5.12. The number of nitrogens with zero attached hydrogens (tertiary/aromatic N) is 4. The van der Waals surface area contributed by atoms with Crippen LogP contribution in [-0.2, 0) is 6.61 Å². The van der Waals surface area contributed by atoms with E-state index in [0.717, 1.165) is 16.9 Å². The minimum absolute atomic E-state index is 0.0488. The van der Waals surface area contributed by atoms with E-state index < -0.39 is 12.3 Å². The summed E-state index contributed by atoms with van der Waals surface area (Å²) in [6.45, 7) is 4.17. The molecule has 0 bridgehead atoms. The Balaban J connectivity index is 1.69. The first-order chi connectivity index (χ1) is 11.5. The molecule has 3 rings (SSSR count). The number of hydrogen-bond donors (Lipinski definition) is 0. The molecule has 0 saturated heterocycles. The molecular formula is C16H14F2N4O2. The van der Waals surface area contributed by atoms with Crippen molar-refractivity contribution in [2.45, 2.75) is 26.9 Å². The van der Waals surface area contributed by atoms with E-state index in [2.05, 4.69) is 20.2 Å². The van der Waals surface area contributed by atoms with Crippen molar-refractivity contribution in [3.05, 3.63) is 53.4 Å². The summed E-state index contributed by atoms with van der Waals surface area (Å²) in [7, 11) is 0. The summed E-state index contributed by atoms with van der Waals surface area (Å²) in [6, 6.07) is 5.80. The molecule has 0 aliphatic heterocycles. The highest BCUT2D eigenvalue weighted by Gasteiger charge is 2.17.